The van der Waals surface area contributed by atoms with Crippen molar-refractivity contribution in [2.24, 2.45) is 4.99 Å². The van der Waals surface area contributed by atoms with Crippen molar-refractivity contribution < 1.29 is 9.18 Å². The molecule has 1 amide bonds. The minimum Gasteiger partial charge on any atom is -0.356 e. The van der Waals surface area contributed by atoms with Crippen LogP contribution in [0.5, 0.6) is 0 Å². The van der Waals surface area contributed by atoms with Gasteiger partial charge in [-0.2, -0.15) is 0 Å². The quantitative estimate of drug-likeness (QED) is 0.665. The summed E-state index contributed by atoms with van der Waals surface area (Å²) in [5.74, 6) is 0.0126. The lowest BCUT2D eigenvalue weighted by molar-refractivity contribution is -0.114. The highest BCUT2D eigenvalue weighted by atomic mass is 19.1. The van der Waals surface area contributed by atoms with Gasteiger partial charge in [0.2, 0.25) is 5.91 Å². The highest BCUT2D eigenvalue weighted by Gasteiger charge is 2.22. The number of para-hydroxylation sites is 1. The number of fused-ring (bicyclic) bond motifs is 1. The molecule has 2 aromatic carbocycles. The van der Waals surface area contributed by atoms with Crippen molar-refractivity contribution in [3.63, 3.8) is 0 Å². The average Bonchev–Trinajstić information content (AvgIpc) is 3.02. The molecule has 0 spiro atoms. The van der Waals surface area contributed by atoms with Crippen LogP contribution in [0, 0.1) is 5.82 Å². The van der Waals surface area contributed by atoms with E-state index in [0.717, 1.165) is 18.7 Å². The Labute approximate surface area is 146 Å². The first kappa shape index (κ1) is 17.0. The topological polar surface area (TPSA) is 56.7 Å². The van der Waals surface area contributed by atoms with Crippen LogP contribution in [0.2, 0.25) is 0 Å². The molecule has 25 heavy (non-hydrogen) atoms. The molecule has 0 radical (unpaired) electrons. The molecule has 6 heteroatoms. The van der Waals surface area contributed by atoms with Crippen molar-refractivity contribution in [3.8, 4) is 0 Å². The Morgan fingerprint density at radius 2 is 2.08 bits per heavy atom. The van der Waals surface area contributed by atoms with E-state index in [0.29, 0.717) is 18.2 Å². The molecule has 0 saturated heterocycles. The molecule has 1 heterocycles. The molecule has 3 rings (SSSR count). The second-order valence-electron chi connectivity index (χ2n) is 5.76. The normalized spacial score (nSPS) is 13.5. The van der Waals surface area contributed by atoms with Crippen LogP contribution in [-0.2, 0) is 11.2 Å². The molecule has 2 N–H and O–H groups in total. The standard InChI is InChI=1S/C19H21FN4O/c1-2-21-19(24-11-10-14-6-3-4-9-17(14)24)22-13-18(25)23-16-8-5-7-15(20)12-16/h3-9,12H,2,10-11,13H2,1H3,(H,21,22)(H,23,25). The van der Waals surface area contributed by atoms with Gasteiger partial charge in [-0.05, 0) is 43.2 Å². The van der Waals surface area contributed by atoms with Gasteiger partial charge in [-0.15, -0.1) is 0 Å². The Bertz CT molecular complexity index is 790. The Morgan fingerprint density at radius 1 is 1.24 bits per heavy atom. The number of anilines is 2. The van der Waals surface area contributed by atoms with E-state index in [2.05, 4.69) is 32.7 Å². The number of nitrogens with one attached hydrogen (secondary N) is 2. The number of guanidine groups is 1. The molecular weight excluding hydrogens is 319 g/mol. The van der Waals surface area contributed by atoms with E-state index in [1.165, 1.54) is 17.7 Å². The predicted octanol–water partition coefficient (Wildman–Crippen LogP) is 2.79. The zero-order valence-electron chi connectivity index (χ0n) is 14.1. The minimum atomic E-state index is -0.386. The Morgan fingerprint density at radius 3 is 2.88 bits per heavy atom. The predicted molar refractivity (Wildman–Crippen MR) is 98.5 cm³/mol. The maximum absolute atomic E-state index is 13.2. The van der Waals surface area contributed by atoms with Crippen molar-refractivity contribution in [2.75, 3.05) is 29.9 Å². The zero-order valence-corrected chi connectivity index (χ0v) is 14.1. The zero-order chi connectivity index (χ0) is 17.6. The fourth-order valence-electron chi connectivity index (χ4n) is 2.87. The summed E-state index contributed by atoms with van der Waals surface area (Å²) in [5.41, 5.74) is 2.82. The van der Waals surface area contributed by atoms with Crippen LogP contribution >= 0.6 is 0 Å². The summed E-state index contributed by atoms with van der Waals surface area (Å²) in [4.78, 5) is 18.6. The maximum Gasteiger partial charge on any atom is 0.246 e. The van der Waals surface area contributed by atoms with Gasteiger partial charge in [0, 0.05) is 24.5 Å². The number of amides is 1. The van der Waals surface area contributed by atoms with Crippen LogP contribution in [0.4, 0.5) is 15.8 Å². The van der Waals surface area contributed by atoms with Gasteiger partial charge in [-0.3, -0.25) is 4.79 Å². The van der Waals surface area contributed by atoms with Gasteiger partial charge in [-0.1, -0.05) is 24.3 Å². The summed E-state index contributed by atoms with van der Waals surface area (Å²) in [7, 11) is 0. The lowest BCUT2D eigenvalue weighted by atomic mass is 10.2. The second-order valence-corrected chi connectivity index (χ2v) is 5.76. The first-order valence-electron chi connectivity index (χ1n) is 8.36. The number of carbonyl (C=O) groups excluding carboxylic acids is 1. The number of carbonyl (C=O) groups is 1. The summed E-state index contributed by atoms with van der Waals surface area (Å²) >= 11 is 0. The Balaban J connectivity index is 1.69. The van der Waals surface area contributed by atoms with Gasteiger partial charge in [0.25, 0.3) is 0 Å². The smallest absolute Gasteiger partial charge is 0.246 e. The molecule has 1 aliphatic heterocycles. The van der Waals surface area contributed by atoms with Crippen molar-refractivity contribution in [3.05, 3.63) is 59.9 Å². The van der Waals surface area contributed by atoms with E-state index in [1.54, 1.807) is 12.1 Å². The number of rotatable bonds is 4. The molecule has 0 aliphatic carbocycles. The van der Waals surface area contributed by atoms with E-state index in [9.17, 15) is 9.18 Å². The van der Waals surface area contributed by atoms with Gasteiger partial charge in [0.15, 0.2) is 5.96 Å². The van der Waals surface area contributed by atoms with E-state index in [-0.39, 0.29) is 18.3 Å². The maximum atomic E-state index is 13.2. The van der Waals surface area contributed by atoms with Crippen LogP contribution in [0.1, 0.15) is 12.5 Å². The monoisotopic (exact) mass is 340 g/mol. The highest BCUT2D eigenvalue weighted by molar-refractivity contribution is 6.00. The van der Waals surface area contributed by atoms with E-state index in [1.807, 2.05) is 19.1 Å². The van der Waals surface area contributed by atoms with Crippen LogP contribution in [0.3, 0.4) is 0 Å². The van der Waals surface area contributed by atoms with E-state index >= 15 is 0 Å². The second kappa shape index (κ2) is 7.79. The summed E-state index contributed by atoms with van der Waals surface area (Å²) in [6.45, 7) is 3.50. The number of benzene rings is 2. The molecule has 130 valence electrons. The molecule has 0 unspecified atom stereocenters. The van der Waals surface area contributed by atoms with Crippen LogP contribution in [0.15, 0.2) is 53.5 Å². The SMILES string of the molecule is CCNC(=NCC(=O)Nc1cccc(F)c1)N1CCc2ccccc21. The molecule has 0 fully saturated rings. The summed E-state index contributed by atoms with van der Waals surface area (Å²) in [6.07, 6.45) is 0.954. The summed E-state index contributed by atoms with van der Waals surface area (Å²) in [6, 6.07) is 14.0. The van der Waals surface area contributed by atoms with Crippen LogP contribution in [0.25, 0.3) is 0 Å². The first-order valence-corrected chi connectivity index (χ1v) is 8.36. The van der Waals surface area contributed by atoms with Crippen molar-refractivity contribution >= 4 is 23.2 Å². The first-order chi connectivity index (χ1) is 12.2. The van der Waals surface area contributed by atoms with Crippen LogP contribution < -0.4 is 15.5 Å². The number of hydrogen-bond donors (Lipinski definition) is 2. The molecule has 2 aromatic rings. The lowest BCUT2D eigenvalue weighted by Gasteiger charge is -2.22. The van der Waals surface area contributed by atoms with Crippen molar-refractivity contribution in [1.82, 2.24) is 5.32 Å². The third kappa shape index (κ3) is 4.15. The Kier molecular flexibility index (Phi) is 5.28. The minimum absolute atomic E-state index is 0.0302. The summed E-state index contributed by atoms with van der Waals surface area (Å²) in [5, 5.41) is 5.89. The Hall–Kier alpha value is -2.89. The van der Waals surface area contributed by atoms with Crippen molar-refractivity contribution in [2.45, 2.75) is 13.3 Å². The van der Waals surface area contributed by atoms with Gasteiger partial charge in [0.1, 0.15) is 12.4 Å². The van der Waals surface area contributed by atoms with Gasteiger partial charge in [0.05, 0.1) is 0 Å². The fraction of sp³-hybridized carbons (Fsp3) is 0.263. The van der Waals surface area contributed by atoms with E-state index in [4.69, 9.17) is 0 Å². The molecule has 5 nitrogen and oxygen atoms in total. The third-order valence-electron chi connectivity index (χ3n) is 3.96. The molecule has 0 saturated carbocycles. The molecule has 0 aromatic heterocycles. The number of hydrogen-bond acceptors (Lipinski definition) is 2. The molecular formula is C19H21FN4O. The lowest BCUT2D eigenvalue weighted by Crippen LogP contribution is -2.41. The number of halogens is 1. The van der Waals surface area contributed by atoms with Gasteiger partial charge in [-0.25, -0.2) is 9.38 Å². The third-order valence-corrected chi connectivity index (χ3v) is 3.96. The highest BCUT2D eigenvalue weighted by Crippen LogP contribution is 2.27. The summed E-state index contributed by atoms with van der Waals surface area (Å²) < 4.78 is 13.2. The number of nitrogens with zero attached hydrogens (tertiary/aromatic N) is 2. The number of aliphatic imine (C=N–C) groups is 1. The van der Waals surface area contributed by atoms with E-state index < -0.39 is 0 Å². The molecule has 0 bridgehead atoms. The fourth-order valence-corrected chi connectivity index (χ4v) is 2.87. The molecule has 1 aliphatic rings. The van der Waals surface area contributed by atoms with Gasteiger partial charge >= 0.3 is 0 Å². The molecule has 0 atom stereocenters. The van der Waals surface area contributed by atoms with Crippen LogP contribution in [-0.4, -0.2) is 31.5 Å². The van der Waals surface area contributed by atoms with Gasteiger partial charge < -0.3 is 15.5 Å². The van der Waals surface area contributed by atoms with Crippen molar-refractivity contribution in [1.29, 1.82) is 0 Å². The largest absolute Gasteiger partial charge is 0.356 e. The average molecular weight is 340 g/mol.